The van der Waals surface area contributed by atoms with Crippen LogP contribution in [0.25, 0.3) is 0 Å². The van der Waals surface area contributed by atoms with Crippen LogP contribution >= 0.6 is 11.3 Å². The second-order valence-electron chi connectivity index (χ2n) is 3.58. The summed E-state index contributed by atoms with van der Waals surface area (Å²) >= 11 is 1.64. The normalized spacial score (nSPS) is 10.2. The Morgan fingerprint density at radius 3 is 2.84 bits per heavy atom. The van der Waals surface area contributed by atoms with Gasteiger partial charge in [0.05, 0.1) is 4.92 Å². The van der Waals surface area contributed by atoms with E-state index in [1.54, 1.807) is 11.3 Å². The van der Waals surface area contributed by atoms with Gasteiger partial charge in [0.15, 0.2) is 0 Å². The highest BCUT2D eigenvalue weighted by Crippen LogP contribution is 2.27. The number of rotatable bonds is 6. The first kappa shape index (κ1) is 13.2. The number of hydrogen-bond donors (Lipinski definition) is 3. The zero-order chi connectivity index (χ0) is 13.7. The highest BCUT2D eigenvalue weighted by atomic mass is 32.1. The monoisotopic (exact) mass is 280 g/mol. The van der Waals surface area contributed by atoms with Crippen molar-refractivity contribution in [2.45, 2.75) is 6.42 Å². The fraction of sp³-hybridized carbons (Fsp3) is 0.200. The Morgan fingerprint density at radius 1 is 1.42 bits per heavy atom. The lowest BCUT2D eigenvalue weighted by Crippen LogP contribution is -2.14. The van der Waals surface area contributed by atoms with E-state index < -0.39 is 4.92 Å². The molecule has 2 aromatic rings. The summed E-state index contributed by atoms with van der Waals surface area (Å²) in [5, 5.41) is 15.9. The molecule has 2 heterocycles. The summed E-state index contributed by atoms with van der Waals surface area (Å²) in [6, 6.07) is 3.97. The quantitative estimate of drug-likeness (QED) is 0.415. The average Bonchev–Trinajstić information content (AvgIpc) is 2.91. The molecular weight excluding hydrogens is 268 g/mol. The molecule has 0 radical (unpaired) electrons. The number of hydrogen-bond acceptors (Lipinski definition) is 8. The lowest BCUT2D eigenvalue weighted by molar-refractivity contribution is -0.383. The van der Waals surface area contributed by atoms with Crippen molar-refractivity contribution in [1.29, 1.82) is 0 Å². The predicted octanol–water partition coefficient (Wildman–Crippen LogP) is 1.39. The van der Waals surface area contributed by atoms with Gasteiger partial charge in [-0.15, -0.1) is 11.3 Å². The van der Waals surface area contributed by atoms with Gasteiger partial charge in [0, 0.05) is 11.4 Å². The number of nitro groups is 1. The average molecular weight is 280 g/mol. The van der Waals surface area contributed by atoms with Crippen LogP contribution in [-0.4, -0.2) is 21.4 Å². The van der Waals surface area contributed by atoms with Crippen LogP contribution in [0, 0.1) is 10.1 Å². The van der Waals surface area contributed by atoms with Crippen LogP contribution in [0.5, 0.6) is 0 Å². The Hall–Kier alpha value is -2.26. The van der Waals surface area contributed by atoms with Crippen molar-refractivity contribution >= 4 is 28.7 Å². The zero-order valence-electron chi connectivity index (χ0n) is 9.87. The summed E-state index contributed by atoms with van der Waals surface area (Å²) in [6.07, 6.45) is 1.99. The van der Waals surface area contributed by atoms with Gasteiger partial charge in [-0.25, -0.2) is 15.8 Å². The summed E-state index contributed by atoms with van der Waals surface area (Å²) in [5.41, 5.74) is 1.94. The van der Waals surface area contributed by atoms with Gasteiger partial charge in [-0.05, 0) is 17.9 Å². The molecule has 0 saturated carbocycles. The summed E-state index contributed by atoms with van der Waals surface area (Å²) in [7, 11) is 0. The van der Waals surface area contributed by atoms with Crippen molar-refractivity contribution in [2.75, 3.05) is 17.3 Å². The van der Waals surface area contributed by atoms with Crippen molar-refractivity contribution in [1.82, 2.24) is 9.97 Å². The summed E-state index contributed by atoms with van der Waals surface area (Å²) in [5.74, 6) is 5.33. The highest BCUT2D eigenvalue weighted by molar-refractivity contribution is 7.09. The number of nitrogen functional groups attached to an aromatic ring is 1. The molecule has 0 aromatic carbocycles. The van der Waals surface area contributed by atoms with Gasteiger partial charge >= 0.3 is 5.69 Å². The van der Waals surface area contributed by atoms with Gasteiger partial charge in [0.2, 0.25) is 11.6 Å². The maximum atomic E-state index is 11.0. The van der Waals surface area contributed by atoms with E-state index in [0.717, 1.165) is 6.42 Å². The fourth-order valence-corrected chi connectivity index (χ4v) is 2.25. The van der Waals surface area contributed by atoms with Crippen LogP contribution in [0.4, 0.5) is 17.3 Å². The number of hydrazine groups is 1. The lowest BCUT2D eigenvalue weighted by Gasteiger charge is -2.07. The van der Waals surface area contributed by atoms with Gasteiger partial charge in [-0.1, -0.05) is 6.07 Å². The molecule has 0 spiro atoms. The van der Waals surface area contributed by atoms with Crippen LogP contribution < -0.4 is 16.6 Å². The Balaban J connectivity index is 2.09. The maximum absolute atomic E-state index is 11.0. The predicted molar refractivity (Wildman–Crippen MR) is 73.0 cm³/mol. The number of aromatic nitrogens is 2. The van der Waals surface area contributed by atoms with Gasteiger partial charge < -0.3 is 10.7 Å². The zero-order valence-corrected chi connectivity index (χ0v) is 10.7. The van der Waals surface area contributed by atoms with Crippen molar-refractivity contribution in [2.24, 2.45) is 5.84 Å². The minimum absolute atomic E-state index is 0.0152. The third-order valence-electron chi connectivity index (χ3n) is 2.39. The Labute approximate surface area is 112 Å². The molecule has 2 aromatic heterocycles. The largest absolute Gasteiger partial charge is 0.364 e. The van der Waals surface area contributed by atoms with Crippen LogP contribution in [-0.2, 0) is 6.42 Å². The van der Waals surface area contributed by atoms with Gasteiger partial charge in [-0.3, -0.25) is 10.1 Å². The van der Waals surface area contributed by atoms with E-state index in [4.69, 9.17) is 5.84 Å². The first-order chi connectivity index (χ1) is 9.22. The van der Waals surface area contributed by atoms with Gasteiger partial charge in [0.1, 0.15) is 6.33 Å². The van der Waals surface area contributed by atoms with E-state index in [1.165, 1.54) is 11.2 Å². The number of anilines is 2. The number of nitrogens with one attached hydrogen (secondary N) is 2. The first-order valence-electron chi connectivity index (χ1n) is 5.44. The van der Waals surface area contributed by atoms with E-state index in [-0.39, 0.29) is 17.3 Å². The number of thiophene rings is 1. The van der Waals surface area contributed by atoms with Crippen molar-refractivity contribution in [3.05, 3.63) is 38.8 Å². The third kappa shape index (κ3) is 3.14. The fourth-order valence-electron chi connectivity index (χ4n) is 1.55. The molecule has 0 aliphatic heterocycles. The molecule has 0 bridgehead atoms. The smallest absolute Gasteiger partial charge is 0.354 e. The standard InChI is InChI=1S/C10H12N6O2S/c11-15-10-8(16(17)18)9(13-6-14-10)12-4-3-7-2-1-5-19-7/h1-2,5-6H,3-4,11H2,(H2,12,13,14,15). The molecule has 0 unspecified atom stereocenters. The van der Waals surface area contributed by atoms with Gasteiger partial charge in [-0.2, -0.15) is 0 Å². The van der Waals surface area contributed by atoms with E-state index in [2.05, 4.69) is 20.7 Å². The van der Waals surface area contributed by atoms with E-state index in [0.29, 0.717) is 6.54 Å². The molecule has 9 heteroatoms. The molecule has 0 amide bonds. The molecule has 4 N–H and O–H groups in total. The first-order valence-corrected chi connectivity index (χ1v) is 6.32. The van der Waals surface area contributed by atoms with Crippen molar-refractivity contribution in [3.8, 4) is 0 Å². The molecule has 0 atom stereocenters. The van der Waals surface area contributed by atoms with Gasteiger partial charge in [0.25, 0.3) is 0 Å². The third-order valence-corrected chi connectivity index (χ3v) is 3.32. The van der Waals surface area contributed by atoms with Crippen LogP contribution in [0.1, 0.15) is 4.88 Å². The Bertz CT molecular complexity index is 559. The minimum atomic E-state index is -0.567. The SMILES string of the molecule is NNc1ncnc(NCCc2cccs2)c1[N+](=O)[O-]. The maximum Gasteiger partial charge on any atom is 0.354 e. The highest BCUT2D eigenvalue weighted by Gasteiger charge is 2.21. The Morgan fingerprint density at radius 2 is 2.21 bits per heavy atom. The van der Waals surface area contributed by atoms with Crippen molar-refractivity contribution < 1.29 is 4.92 Å². The molecule has 0 saturated heterocycles. The Kier molecular flexibility index (Phi) is 4.21. The van der Waals surface area contributed by atoms with Crippen LogP contribution in [0.2, 0.25) is 0 Å². The lowest BCUT2D eigenvalue weighted by atomic mass is 10.3. The number of nitrogens with zero attached hydrogens (tertiary/aromatic N) is 3. The van der Waals surface area contributed by atoms with Crippen LogP contribution in [0.15, 0.2) is 23.8 Å². The molecule has 0 aliphatic carbocycles. The van der Waals surface area contributed by atoms with Crippen molar-refractivity contribution in [3.63, 3.8) is 0 Å². The molecule has 8 nitrogen and oxygen atoms in total. The second-order valence-corrected chi connectivity index (χ2v) is 4.61. The number of nitrogens with two attached hydrogens (primary N) is 1. The molecular formula is C10H12N6O2S. The summed E-state index contributed by atoms with van der Waals surface area (Å²) < 4.78 is 0. The van der Waals surface area contributed by atoms with E-state index in [9.17, 15) is 10.1 Å². The molecule has 0 aliphatic rings. The topological polar surface area (TPSA) is 119 Å². The van der Waals surface area contributed by atoms with E-state index in [1.807, 2.05) is 17.5 Å². The second kappa shape index (κ2) is 6.07. The van der Waals surface area contributed by atoms with Crippen LogP contribution in [0.3, 0.4) is 0 Å². The summed E-state index contributed by atoms with van der Waals surface area (Å²) in [6.45, 7) is 0.544. The molecule has 0 fully saturated rings. The minimum Gasteiger partial charge on any atom is -0.364 e. The molecule has 2 rings (SSSR count). The summed E-state index contributed by atoms with van der Waals surface area (Å²) in [4.78, 5) is 19.2. The molecule has 100 valence electrons. The van der Waals surface area contributed by atoms with E-state index >= 15 is 0 Å². The molecule has 19 heavy (non-hydrogen) atoms.